The lowest BCUT2D eigenvalue weighted by Gasteiger charge is -2.20. The van der Waals surface area contributed by atoms with Gasteiger partial charge in [-0.3, -0.25) is 10.1 Å². The minimum Gasteiger partial charge on any atom is -0.457 e. The first-order valence-corrected chi connectivity index (χ1v) is 12.9. The molecule has 3 aromatic carbocycles. The first kappa shape index (κ1) is 25.3. The second-order valence-electron chi connectivity index (χ2n) is 10.6. The Kier molecular flexibility index (Phi) is 7.01. The lowest BCUT2D eigenvalue weighted by Crippen LogP contribution is -2.32. The maximum atomic E-state index is 13.0. The van der Waals surface area contributed by atoms with Crippen LogP contribution in [-0.4, -0.2) is 34.9 Å². The molecule has 1 fully saturated rings. The monoisotopic (exact) mass is 508 g/mol. The lowest BCUT2D eigenvalue weighted by molar-refractivity contribution is 0.102. The average molecular weight is 509 g/mol. The molecule has 1 aromatic heterocycles. The van der Waals surface area contributed by atoms with Gasteiger partial charge in [0.05, 0.1) is 0 Å². The molecule has 2 heterocycles. The van der Waals surface area contributed by atoms with Crippen LogP contribution in [-0.2, 0) is 5.41 Å². The number of benzene rings is 3. The zero-order valence-electron chi connectivity index (χ0n) is 22.0. The van der Waals surface area contributed by atoms with Gasteiger partial charge < -0.3 is 15.0 Å². The zero-order valence-corrected chi connectivity index (χ0v) is 22.0. The summed E-state index contributed by atoms with van der Waals surface area (Å²) in [6.07, 6.45) is 3.66. The molecule has 1 aliphatic heterocycles. The van der Waals surface area contributed by atoms with E-state index in [0.29, 0.717) is 22.9 Å². The van der Waals surface area contributed by atoms with Crippen LogP contribution >= 0.6 is 0 Å². The third kappa shape index (κ3) is 5.94. The summed E-state index contributed by atoms with van der Waals surface area (Å²) < 4.78 is 6.07. The van der Waals surface area contributed by atoms with Crippen LogP contribution < -0.4 is 15.4 Å². The Bertz CT molecular complexity index is 1490. The van der Waals surface area contributed by atoms with E-state index in [4.69, 9.17) is 4.74 Å². The van der Waals surface area contributed by atoms with Crippen LogP contribution in [0, 0.1) is 0 Å². The molecule has 5 rings (SSSR count). The van der Waals surface area contributed by atoms with Crippen molar-refractivity contribution in [2.45, 2.75) is 39.0 Å². The number of ether oxygens (including phenoxy) is 1. The lowest BCUT2D eigenvalue weighted by atomic mass is 9.87. The number of urea groups is 1. The van der Waals surface area contributed by atoms with Gasteiger partial charge in [0.15, 0.2) is 0 Å². The molecule has 3 amide bonds. The minimum atomic E-state index is -0.170. The molecule has 2 N–H and O–H groups in total. The molecule has 1 saturated heterocycles. The van der Waals surface area contributed by atoms with Crippen molar-refractivity contribution in [1.82, 2.24) is 9.88 Å². The number of nitrogens with zero attached hydrogens (tertiary/aromatic N) is 2. The van der Waals surface area contributed by atoms with Gasteiger partial charge in [-0.1, -0.05) is 45.0 Å². The predicted octanol–water partition coefficient (Wildman–Crippen LogP) is 7.20. The normalized spacial score (nSPS) is 13.4. The van der Waals surface area contributed by atoms with Gasteiger partial charge in [0.1, 0.15) is 17.3 Å². The van der Waals surface area contributed by atoms with E-state index in [1.165, 1.54) is 0 Å². The SMILES string of the molecule is CC(C)(C)c1cccc(NC(=O)c2ccc3ccc(Oc4ccnc(NC(=O)N5CCCC5)c4)cc3c2)c1. The van der Waals surface area contributed by atoms with E-state index in [2.05, 4.69) is 42.5 Å². The van der Waals surface area contributed by atoms with Crippen molar-refractivity contribution < 1.29 is 14.3 Å². The van der Waals surface area contributed by atoms with E-state index in [9.17, 15) is 9.59 Å². The van der Waals surface area contributed by atoms with Gasteiger partial charge >= 0.3 is 6.03 Å². The van der Waals surface area contributed by atoms with Gasteiger partial charge in [-0.15, -0.1) is 0 Å². The molecule has 4 aromatic rings. The molecule has 0 radical (unpaired) electrons. The maximum absolute atomic E-state index is 13.0. The molecule has 7 heteroatoms. The van der Waals surface area contributed by atoms with Crippen molar-refractivity contribution in [3.8, 4) is 11.5 Å². The van der Waals surface area contributed by atoms with E-state index in [1.54, 1.807) is 23.2 Å². The summed E-state index contributed by atoms with van der Waals surface area (Å²) in [5, 5.41) is 7.74. The van der Waals surface area contributed by atoms with Gasteiger partial charge in [-0.2, -0.15) is 0 Å². The van der Waals surface area contributed by atoms with Crippen LogP contribution in [0.15, 0.2) is 79.0 Å². The Labute approximate surface area is 222 Å². The number of hydrogen-bond acceptors (Lipinski definition) is 4. The molecule has 38 heavy (non-hydrogen) atoms. The van der Waals surface area contributed by atoms with Crippen LogP contribution in [0.4, 0.5) is 16.3 Å². The molecular formula is C31H32N4O3. The summed E-state index contributed by atoms with van der Waals surface area (Å²) in [7, 11) is 0. The number of carbonyl (C=O) groups is 2. The largest absolute Gasteiger partial charge is 0.457 e. The van der Waals surface area contributed by atoms with Crippen LogP contribution in [0.1, 0.15) is 49.5 Å². The Hall–Kier alpha value is -4.39. The number of amides is 3. The second kappa shape index (κ2) is 10.5. The van der Waals surface area contributed by atoms with Crippen molar-refractivity contribution in [3.05, 3.63) is 90.1 Å². The van der Waals surface area contributed by atoms with Gasteiger partial charge in [-0.05, 0) is 77.1 Å². The van der Waals surface area contributed by atoms with E-state index >= 15 is 0 Å². The maximum Gasteiger partial charge on any atom is 0.323 e. The summed E-state index contributed by atoms with van der Waals surface area (Å²) in [6, 6.07) is 22.6. The standard InChI is InChI=1S/C31H32N4O3/c1-31(2,3)24-7-6-8-25(19-24)33-29(36)22-10-9-21-11-12-26(18-23(21)17-22)38-27-13-14-32-28(20-27)34-30(37)35-15-4-5-16-35/h6-14,17-20H,4-5,15-16H2,1-3H3,(H,33,36)(H,32,34,37). The molecular weight excluding hydrogens is 476 g/mol. The number of fused-ring (bicyclic) bond motifs is 1. The van der Waals surface area contributed by atoms with Gasteiger partial charge in [-0.25, -0.2) is 9.78 Å². The van der Waals surface area contributed by atoms with Crippen LogP contribution in [0.5, 0.6) is 11.5 Å². The van der Waals surface area contributed by atoms with Crippen molar-refractivity contribution in [2.24, 2.45) is 0 Å². The molecule has 7 nitrogen and oxygen atoms in total. The fraction of sp³-hybridized carbons (Fsp3) is 0.258. The molecule has 0 unspecified atom stereocenters. The quantitative estimate of drug-likeness (QED) is 0.298. The van der Waals surface area contributed by atoms with Crippen LogP contribution in [0.2, 0.25) is 0 Å². The first-order valence-electron chi connectivity index (χ1n) is 12.9. The highest BCUT2D eigenvalue weighted by Gasteiger charge is 2.18. The molecule has 0 aliphatic carbocycles. The Morgan fingerprint density at radius 1 is 0.842 bits per heavy atom. The fourth-order valence-electron chi connectivity index (χ4n) is 4.48. The fourth-order valence-corrected chi connectivity index (χ4v) is 4.48. The van der Waals surface area contributed by atoms with Crippen molar-refractivity contribution in [3.63, 3.8) is 0 Å². The molecule has 194 valence electrons. The Morgan fingerprint density at radius 2 is 1.61 bits per heavy atom. The van der Waals surface area contributed by atoms with E-state index in [-0.39, 0.29) is 17.4 Å². The number of carbonyl (C=O) groups excluding carboxylic acids is 2. The number of rotatable bonds is 5. The van der Waals surface area contributed by atoms with Crippen molar-refractivity contribution >= 4 is 34.2 Å². The van der Waals surface area contributed by atoms with Crippen molar-refractivity contribution in [2.75, 3.05) is 23.7 Å². The van der Waals surface area contributed by atoms with E-state index in [1.807, 2.05) is 54.6 Å². The van der Waals surface area contributed by atoms with Gasteiger partial charge in [0.2, 0.25) is 0 Å². The third-order valence-electron chi connectivity index (χ3n) is 6.66. The molecule has 0 atom stereocenters. The summed E-state index contributed by atoms with van der Waals surface area (Å²) in [4.78, 5) is 31.5. The molecule has 0 spiro atoms. The molecule has 0 bridgehead atoms. The summed E-state index contributed by atoms with van der Waals surface area (Å²) in [6.45, 7) is 7.97. The molecule has 0 saturated carbocycles. The highest BCUT2D eigenvalue weighted by Crippen LogP contribution is 2.28. The van der Waals surface area contributed by atoms with E-state index in [0.717, 1.165) is 48.0 Å². The Morgan fingerprint density at radius 3 is 2.39 bits per heavy atom. The topological polar surface area (TPSA) is 83.6 Å². The van der Waals surface area contributed by atoms with Gasteiger partial charge in [0.25, 0.3) is 5.91 Å². The summed E-state index contributed by atoms with van der Waals surface area (Å²) in [5.74, 6) is 1.45. The number of aromatic nitrogens is 1. The first-order chi connectivity index (χ1) is 18.2. The minimum absolute atomic E-state index is 0.00482. The Balaban J connectivity index is 1.30. The zero-order chi connectivity index (χ0) is 26.7. The van der Waals surface area contributed by atoms with E-state index < -0.39 is 0 Å². The number of anilines is 2. The third-order valence-corrected chi connectivity index (χ3v) is 6.66. The van der Waals surface area contributed by atoms with Crippen molar-refractivity contribution in [1.29, 1.82) is 0 Å². The predicted molar refractivity (Wildman–Crippen MR) is 151 cm³/mol. The molecule has 1 aliphatic rings. The number of hydrogen-bond donors (Lipinski definition) is 2. The van der Waals surface area contributed by atoms with Gasteiger partial charge in [0, 0.05) is 36.6 Å². The van der Waals surface area contributed by atoms with Crippen LogP contribution in [0.3, 0.4) is 0 Å². The average Bonchev–Trinajstić information content (AvgIpc) is 3.44. The summed E-state index contributed by atoms with van der Waals surface area (Å²) in [5.41, 5.74) is 2.48. The van der Waals surface area contributed by atoms with Crippen LogP contribution in [0.25, 0.3) is 10.8 Å². The number of pyridine rings is 1. The smallest absolute Gasteiger partial charge is 0.323 e. The second-order valence-corrected chi connectivity index (χ2v) is 10.6. The highest BCUT2D eigenvalue weighted by atomic mass is 16.5. The summed E-state index contributed by atoms with van der Waals surface area (Å²) >= 11 is 0. The number of likely N-dealkylation sites (tertiary alicyclic amines) is 1. The number of nitrogens with one attached hydrogen (secondary N) is 2. The highest BCUT2D eigenvalue weighted by molar-refractivity contribution is 6.06.